The molecule has 0 spiro atoms. The van der Waals surface area contributed by atoms with Gasteiger partial charge in [-0.05, 0) is 6.07 Å². The quantitative estimate of drug-likeness (QED) is 0.424. The molecule has 0 atom stereocenters. The molecule has 0 saturated heterocycles. The fraction of sp³-hybridized carbons (Fsp3) is 0.455. The highest BCUT2D eigenvalue weighted by molar-refractivity contribution is 5.49. The Kier molecular flexibility index (Phi) is 6.56. The van der Waals surface area contributed by atoms with Gasteiger partial charge in [-0.2, -0.15) is 0 Å². The summed E-state index contributed by atoms with van der Waals surface area (Å²) in [5.41, 5.74) is -0.477. The number of halogens is 2. The van der Waals surface area contributed by atoms with Crippen LogP contribution in [0, 0.1) is 20.2 Å². The molecule has 0 heterocycles. The summed E-state index contributed by atoms with van der Waals surface area (Å²) < 4.78 is 28.2. The predicted molar refractivity (Wildman–Crippen MR) is 68.3 cm³/mol. The Labute approximate surface area is 118 Å². The fourth-order valence-electron chi connectivity index (χ4n) is 1.53. The molecule has 0 amide bonds. The third-order valence-electron chi connectivity index (χ3n) is 2.46. The minimum atomic E-state index is -2.54. The lowest BCUT2D eigenvalue weighted by molar-refractivity contribution is -0.394. The lowest BCUT2D eigenvalue weighted by Gasteiger charge is -2.06. The van der Waals surface area contributed by atoms with E-state index in [-0.39, 0.29) is 36.6 Å². The average Bonchev–Trinajstić information content (AvgIpc) is 2.42. The maximum atomic E-state index is 11.8. The maximum absolute atomic E-state index is 11.8. The van der Waals surface area contributed by atoms with Gasteiger partial charge in [-0.25, -0.2) is 8.78 Å². The number of nitrogens with one attached hydrogen (secondary N) is 1. The Balaban J connectivity index is 2.54. The third kappa shape index (κ3) is 5.75. The zero-order valence-corrected chi connectivity index (χ0v) is 10.8. The molecule has 116 valence electrons. The average molecular weight is 305 g/mol. The van der Waals surface area contributed by atoms with Gasteiger partial charge in [0.2, 0.25) is 0 Å². The monoisotopic (exact) mass is 305 g/mol. The predicted octanol–water partition coefficient (Wildman–Crippen LogP) is 1.87. The topological polar surface area (TPSA) is 108 Å². The van der Waals surface area contributed by atoms with Crippen LogP contribution in [0.4, 0.5) is 20.2 Å². The Morgan fingerprint density at radius 1 is 1.24 bits per heavy atom. The van der Waals surface area contributed by atoms with Crippen molar-refractivity contribution in [1.82, 2.24) is 5.32 Å². The van der Waals surface area contributed by atoms with Gasteiger partial charge >= 0.3 is 0 Å². The molecule has 21 heavy (non-hydrogen) atoms. The van der Waals surface area contributed by atoms with E-state index in [1.807, 2.05) is 0 Å². The van der Waals surface area contributed by atoms with Gasteiger partial charge in [0.1, 0.15) is 6.61 Å². The lowest BCUT2D eigenvalue weighted by atomic mass is 10.1. The van der Waals surface area contributed by atoms with Gasteiger partial charge in [0, 0.05) is 24.7 Å². The number of non-ortho nitro benzene ring substituents is 1. The number of ether oxygens (including phenoxy) is 1. The van der Waals surface area contributed by atoms with E-state index >= 15 is 0 Å². The molecule has 1 rings (SSSR count). The van der Waals surface area contributed by atoms with Crippen molar-refractivity contribution in [2.24, 2.45) is 0 Å². The molecular formula is C11H13F2N3O5. The van der Waals surface area contributed by atoms with Gasteiger partial charge in [-0.1, -0.05) is 0 Å². The lowest BCUT2D eigenvalue weighted by Crippen LogP contribution is -2.21. The molecule has 0 saturated carbocycles. The molecule has 10 heteroatoms. The number of benzene rings is 1. The number of nitro groups is 2. The second kappa shape index (κ2) is 8.17. The van der Waals surface area contributed by atoms with Crippen molar-refractivity contribution in [3.8, 4) is 0 Å². The maximum Gasteiger partial charge on any atom is 0.280 e. The largest absolute Gasteiger partial charge is 0.374 e. The summed E-state index contributed by atoms with van der Waals surface area (Å²) in [6.07, 6.45) is -2.54. The highest BCUT2D eigenvalue weighted by atomic mass is 19.3. The van der Waals surface area contributed by atoms with E-state index in [0.717, 1.165) is 12.1 Å². The van der Waals surface area contributed by atoms with Crippen LogP contribution < -0.4 is 5.32 Å². The molecule has 0 bridgehead atoms. The van der Waals surface area contributed by atoms with Gasteiger partial charge in [-0.15, -0.1) is 0 Å². The molecule has 8 nitrogen and oxygen atoms in total. The van der Waals surface area contributed by atoms with Crippen LogP contribution in [0.5, 0.6) is 0 Å². The number of rotatable bonds is 9. The Morgan fingerprint density at radius 2 is 1.95 bits per heavy atom. The summed E-state index contributed by atoms with van der Waals surface area (Å²) >= 11 is 0. The molecular weight excluding hydrogens is 292 g/mol. The summed E-state index contributed by atoms with van der Waals surface area (Å²) in [5, 5.41) is 24.2. The van der Waals surface area contributed by atoms with Crippen LogP contribution in [-0.4, -0.2) is 36.0 Å². The van der Waals surface area contributed by atoms with Crippen molar-refractivity contribution in [3.05, 3.63) is 44.0 Å². The number of nitro benzene ring substituents is 2. The number of hydrogen-bond acceptors (Lipinski definition) is 6. The van der Waals surface area contributed by atoms with E-state index in [4.69, 9.17) is 0 Å². The van der Waals surface area contributed by atoms with Crippen LogP contribution in [0.15, 0.2) is 18.2 Å². The Morgan fingerprint density at radius 3 is 2.52 bits per heavy atom. The summed E-state index contributed by atoms with van der Waals surface area (Å²) in [7, 11) is 0. The second-order valence-electron chi connectivity index (χ2n) is 3.97. The summed E-state index contributed by atoms with van der Waals surface area (Å²) in [4.78, 5) is 20.0. The number of hydrogen-bond donors (Lipinski definition) is 1. The van der Waals surface area contributed by atoms with Crippen molar-refractivity contribution in [2.75, 3.05) is 19.8 Å². The first-order chi connectivity index (χ1) is 9.91. The summed E-state index contributed by atoms with van der Waals surface area (Å²) in [5.74, 6) is 0. The standard InChI is InChI=1S/C11H13F2N3O5/c12-11(13)7-21-4-3-14-6-8-1-2-9(15(17)18)5-10(8)16(19)20/h1-2,5,11,14H,3-4,6-7H2. The summed E-state index contributed by atoms with van der Waals surface area (Å²) in [6.45, 7) is -0.336. The molecule has 0 aromatic heterocycles. The van der Waals surface area contributed by atoms with E-state index in [1.54, 1.807) is 0 Å². The van der Waals surface area contributed by atoms with E-state index < -0.39 is 22.9 Å². The van der Waals surface area contributed by atoms with Crippen molar-refractivity contribution >= 4 is 11.4 Å². The normalized spacial score (nSPS) is 10.8. The van der Waals surface area contributed by atoms with Crippen LogP contribution >= 0.6 is 0 Å². The summed E-state index contributed by atoms with van der Waals surface area (Å²) in [6, 6.07) is 3.32. The molecule has 0 unspecified atom stereocenters. The first-order valence-corrected chi connectivity index (χ1v) is 5.90. The minimum absolute atomic E-state index is 0.0329. The van der Waals surface area contributed by atoms with E-state index in [0.29, 0.717) is 0 Å². The number of alkyl halides is 2. The van der Waals surface area contributed by atoms with Crippen LogP contribution in [0.2, 0.25) is 0 Å². The zero-order valence-electron chi connectivity index (χ0n) is 10.8. The smallest absolute Gasteiger partial charge is 0.280 e. The van der Waals surface area contributed by atoms with Crippen LogP contribution in [0.1, 0.15) is 5.56 Å². The molecule has 0 radical (unpaired) electrons. The van der Waals surface area contributed by atoms with Crippen molar-refractivity contribution in [1.29, 1.82) is 0 Å². The molecule has 0 aliphatic carbocycles. The van der Waals surface area contributed by atoms with E-state index in [2.05, 4.69) is 10.1 Å². The first-order valence-electron chi connectivity index (χ1n) is 5.90. The Bertz CT molecular complexity index is 513. The zero-order chi connectivity index (χ0) is 15.8. The van der Waals surface area contributed by atoms with Gasteiger partial charge < -0.3 is 10.1 Å². The van der Waals surface area contributed by atoms with Crippen molar-refractivity contribution in [3.63, 3.8) is 0 Å². The van der Waals surface area contributed by atoms with Crippen molar-refractivity contribution in [2.45, 2.75) is 13.0 Å². The van der Waals surface area contributed by atoms with Crippen LogP contribution in [-0.2, 0) is 11.3 Å². The fourth-order valence-corrected chi connectivity index (χ4v) is 1.53. The van der Waals surface area contributed by atoms with Gasteiger partial charge in [0.15, 0.2) is 0 Å². The highest BCUT2D eigenvalue weighted by Crippen LogP contribution is 2.24. The first kappa shape index (κ1) is 16.9. The van der Waals surface area contributed by atoms with Gasteiger partial charge in [-0.3, -0.25) is 20.2 Å². The van der Waals surface area contributed by atoms with E-state index in [1.165, 1.54) is 6.07 Å². The molecule has 1 N–H and O–H groups in total. The Hall–Kier alpha value is -2.20. The van der Waals surface area contributed by atoms with E-state index in [9.17, 15) is 29.0 Å². The second-order valence-corrected chi connectivity index (χ2v) is 3.97. The van der Waals surface area contributed by atoms with Gasteiger partial charge in [0.05, 0.1) is 22.5 Å². The molecule has 0 aliphatic rings. The molecule has 1 aromatic rings. The van der Waals surface area contributed by atoms with Crippen molar-refractivity contribution < 1.29 is 23.4 Å². The minimum Gasteiger partial charge on any atom is -0.374 e. The molecule has 0 aliphatic heterocycles. The SMILES string of the molecule is O=[N+]([O-])c1ccc(CNCCOCC(F)F)c([N+](=O)[O-])c1. The van der Waals surface area contributed by atoms with Crippen LogP contribution in [0.25, 0.3) is 0 Å². The number of nitrogens with zero attached hydrogens (tertiary/aromatic N) is 2. The third-order valence-corrected chi connectivity index (χ3v) is 2.46. The van der Waals surface area contributed by atoms with Crippen LogP contribution in [0.3, 0.4) is 0 Å². The highest BCUT2D eigenvalue weighted by Gasteiger charge is 2.18. The van der Waals surface area contributed by atoms with Gasteiger partial charge in [0.25, 0.3) is 17.8 Å². The molecule has 0 fully saturated rings. The molecule has 1 aromatic carbocycles.